The van der Waals surface area contributed by atoms with Crippen molar-refractivity contribution in [3.8, 4) is 0 Å². The van der Waals surface area contributed by atoms with Crippen LogP contribution in [0.25, 0.3) is 0 Å². The van der Waals surface area contributed by atoms with Gasteiger partial charge in [0, 0.05) is 18.0 Å². The van der Waals surface area contributed by atoms with Crippen LogP contribution in [0.15, 0.2) is 42.5 Å². The lowest BCUT2D eigenvalue weighted by Crippen LogP contribution is -2.34. The summed E-state index contributed by atoms with van der Waals surface area (Å²) in [5.41, 5.74) is 1.15. The van der Waals surface area contributed by atoms with Crippen LogP contribution >= 0.6 is 23.4 Å². The second kappa shape index (κ2) is 6.76. The van der Waals surface area contributed by atoms with Crippen LogP contribution in [-0.4, -0.2) is 23.2 Å². The molecule has 0 bridgehead atoms. The van der Waals surface area contributed by atoms with Crippen molar-refractivity contribution < 1.29 is 13.6 Å². The van der Waals surface area contributed by atoms with Gasteiger partial charge in [0.05, 0.1) is 5.02 Å². The summed E-state index contributed by atoms with van der Waals surface area (Å²) >= 11 is 7.28. The zero-order chi connectivity index (χ0) is 16.4. The third-order valence-electron chi connectivity index (χ3n) is 3.46. The van der Waals surface area contributed by atoms with Gasteiger partial charge in [0.15, 0.2) is 0 Å². The SMILES string of the molecule is O=C(Nc1ccc(F)c(Cl)c1)N1CCS[C@H]1c1cccc(F)c1. The number of hydrogen-bond acceptors (Lipinski definition) is 2. The van der Waals surface area contributed by atoms with E-state index in [-0.39, 0.29) is 22.2 Å². The van der Waals surface area contributed by atoms with Crippen LogP contribution in [0.2, 0.25) is 5.02 Å². The lowest BCUT2D eigenvalue weighted by atomic mass is 10.2. The summed E-state index contributed by atoms with van der Waals surface area (Å²) in [6.45, 7) is 0.548. The summed E-state index contributed by atoms with van der Waals surface area (Å²) in [5, 5.41) is 2.39. The molecule has 7 heteroatoms. The lowest BCUT2D eigenvalue weighted by molar-refractivity contribution is 0.214. The van der Waals surface area contributed by atoms with E-state index in [2.05, 4.69) is 5.32 Å². The van der Waals surface area contributed by atoms with Crippen molar-refractivity contribution in [2.24, 2.45) is 0 Å². The van der Waals surface area contributed by atoms with Crippen molar-refractivity contribution in [3.63, 3.8) is 0 Å². The Balaban J connectivity index is 1.76. The van der Waals surface area contributed by atoms with E-state index in [1.165, 1.54) is 30.3 Å². The van der Waals surface area contributed by atoms with Crippen molar-refractivity contribution >= 4 is 35.1 Å². The molecule has 1 fully saturated rings. The minimum atomic E-state index is -0.543. The summed E-state index contributed by atoms with van der Waals surface area (Å²) in [6, 6.07) is 9.88. The van der Waals surface area contributed by atoms with E-state index >= 15 is 0 Å². The number of halogens is 3. The molecule has 23 heavy (non-hydrogen) atoms. The number of carbonyl (C=O) groups is 1. The molecular weight excluding hydrogens is 342 g/mol. The molecule has 2 amide bonds. The Morgan fingerprint density at radius 3 is 2.83 bits per heavy atom. The molecule has 1 saturated heterocycles. The Labute approximate surface area is 141 Å². The van der Waals surface area contributed by atoms with Gasteiger partial charge in [0.25, 0.3) is 0 Å². The topological polar surface area (TPSA) is 32.3 Å². The Morgan fingerprint density at radius 2 is 2.09 bits per heavy atom. The molecule has 3 rings (SSSR count). The van der Waals surface area contributed by atoms with E-state index in [0.29, 0.717) is 12.2 Å². The van der Waals surface area contributed by atoms with E-state index < -0.39 is 5.82 Å². The monoisotopic (exact) mass is 354 g/mol. The minimum Gasteiger partial charge on any atom is -0.308 e. The molecule has 1 aliphatic rings. The van der Waals surface area contributed by atoms with Crippen LogP contribution in [0.3, 0.4) is 0 Å². The Bertz CT molecular complexity index is 744. The van der Waals surface area contributed by atoms with Gasteiger partial charge in [-0.25, -0.2) is 13.6 Å². The standard InChI is InChI=1S/C16H13ClF2N2OS/c17-13-9-12(4-5-14(13)19)20-16(22)21-6-7-23-15(21)10-2-1-3-11(18)8-10/h1-5,8-9,15H,6-7H2,(H,20,22)/t15-/m0/s1. The number of urea groups is 1. The summed E-state index contributed by atoms with van der Waals surface area (Å²) < 4.78 is 26.6. The number of hydrogen-bond donors (Lipinski definition) is 1. The Morgan fingerprint density at radius 1 is 1.26 bits per heavy atom. The maximum atomic E-state index is 13.4. The van der Waals surface area contributed by atoms with Gasteiger partial charge in [-0.1, -0.05) is 23.7 Å². The van der Waals surface area contributed by atoms with E-state index in [1.54, 1.807) is 28.8 Å². The highest BCUT2D eigenvalue weighted by Crippen LogP contribution is 2.38. The lowest BCUT2D eigenvalue weighted by Gasteiger charge is -2.24. The number of amides is 2. The van der Waals surface area contributed by atoms with Crippen LogP contribution in [-0.2, 0) is 0 Å². The first kappa shape index (κ1) is 16.1. The second-order valence-corrected chi connectivity index (χ2v) is 6.63. The molecule has 1 heterocycles. The number of nitrogens with zero attached hydrogens (tertiary/aromatic N) is 1. The Hall–Kier alpha value is -1.79. The highest BCUT2D eigenvalue weighted by Gasteiger charge is 2.31. The molecule has 0 radical (unpaired) electrons. The molecule has 0 aliphatic carbocycles. The number of benzene rings is 2. The van der Waals surface area contributed by atoms with Gasteiger partial charge in [-0.2, -0.15) is 0 Å². The van der Waals surface area contributed by atoms with Gasteiger partial charge in [-0.05, 0) is 35.9 Å². The van der Waals surface area contributed by atoms with E-state index in [9.17, 15) is 13.6 Å². The number of carbonyl (C=O) groups excluding carboxylic acids is 1. The number of rotatable bonds is 2. The average Bonchev–Trinajstić information content (AvgIpc) is 3.00. The van der Waals surface area contributed by atoms with E-state index in [1.807, 2.05) is 0 Å². The van der Waals surface area contributed by atoms with Crippen molar-refractivity contribution in [3.05, 3.63) is 64.7 Å². The highest BCUT2D eigenvalue weighted by atomic mass is 35.5. The molecule has 0 saturated carbocycles. The first-order chi connectivity index (χ1) is 11.0. The zero-order valence-corrected chi connectivity index (χ0v) is 13.5. The predicted octanol–water partition coefficient (Wildman–Crippen LogP) is 4.90. The Kier molecular flexibility index (Phi) is 4.73. The van der Waals surface area contributed by atoms with Gasteiger partial charge in [0.2, 0.25) is 0 Å². The summed E-state index contributed by atoms with van der Waals surface area (Å²) in [6.07, 6.45) is 0. The maximum Gasteiger partial charge on any atom is 0.323 e. The molecule has 2 aromatic rings. The molecular formula is C16H13ClF2N2OS. The van der Waals surface area contributed by atoms with Crippen molar-refractivity contribution in [2.45, 2.75) is 5.37 Å². The van der Waals surface area contributed by atoms with Gasteiger partial charge in [-0.15, -0.1) is 11.8 Å². The predicted molar refractivity (Wildman–Crippen MR) is 88.7 cm³/mol. The average molecular weight is 355 g/mol. The van der Waals surface area contributed by atoms with E-state index in [0.717, 1.165) is 11.3 Å². The third kappa shape index (κ3) is 3.59. The molecule has 0 aromatic heterocycles. The molecule has 2 aromatic carbocycles. The molecule has 1 N–H and O–H groups in total. The molecule has 0 spiro atoms. The highest BCUT2D eigenvalue weighted by molar-refractivity contribution is 7.99. The van der Waals surface area contributed by atoms with Crippen LogP contribution < -0.4 is 5.32 Å². The van der Waals surface area contributed by atoms with Crippen LogP contribution in [0, 0.1) is 11.6 Å². The zero-order valence-electron chi connectivity index (χ0n) is 11.9. The molecule has 0 unspecified atom stereocenters. The summed E-state index contributed by atoms with van der Waals surface area (Å²) in [7, 11) is 0. The summed E-state index contributed by atoms with van der Waals surface area (Å²) in [5.74, 6) is -0.113. The third-order valence-corrected chi connectivity index (χ3v) is 5.01. The van der Waals surface area contributed by atoms with Gasteiger partial charge in [0.1, 0.15) is 17.0 Å². The molecule has 1 atom stereocenters. The van der Waals surface area contributed by atoms with Crippen molar-refractivity contribution in [2.75, 3.05) is 17.6 Å². The van der Waals surface area contributed by atoms with Gasteiger partial charge < -0.3 is 10.2 Å². The quantitative estimate of drug-likeness (QED) is 0.832. The van der Waals surface area contributed by atoms with Gasteiger partial charge >= 0.3 is 6.03 Å². The van der Waals surface area contributed by atoms with Gasteiger partial charge in [-0.3, -0.25) is 0 Å². The number of nitrogens with one attached hydrogen (secondary N) is 1. The number of anilines is 1. The smallest absolute Gasteiger partial charge is 0.308 e. The first-order valence-electron chi connectivity index (χ1n) is 6.94. The molecule has 1 aliphatic heterocycles. The van der Waals surface area contributed by atoms with Crippen LogP contribution in [0.5, 0.6) is 0 Å². The number of thioether (sulfide) groups is 1. The van der Waals surface area contributed by atoms with E-state index in [4.69, 9.17) is 11.6 Å². The largest absolute Gasteiger partial charge is 0.323 e. The minimum absolute atomic E-state index is 0.0553. The second-order valence-electron chi connectivity index (χ2n) is 5.03. The molecule has 120 valence electrons. The van der Waals surface area contributed by atoms with Crippen molar-refractivity contribution in [1.82, 2.24) is 4.90 Å². The van der Waals surface area contributed by atoms with Crippen molar-refractivity contribution in [1.29, 1.82) is 0 Å². The molecule has 3 nitrogen and oxygen atoms in total. The maximum absolute atomic E-state index is 13.4. The van der Waals surface area contributed by atoms with Crippen LogP contribution in [0.1, 0.15) is 10.9 Å². The fourth-order valence-corrected chi connectivity index (χ4v) is 3.81. The fraction of sp³-hybridized carbons (Fsp3) is 0.188. The first-order valence-corrected chi connectivity index (χ1v) is 8.37. The fourth-order valence-electron chi connectivity index (χ4n) is 2.38. The normalized spacial score (nSPS) is 17.3. The summed E-state index contributed by atoms with van der Waals surface area (Å²) in [4.78, 5) is 14.1. The van der Waals surface area contributed by atoms with Crippen LogP contribution in [0.4, 0.5) is 19.3 Å².